The van der Waals surface area contributed by atoms with Gasteiger partial charge in [-0.05, 0) is 94.1 Å². The molecule has 0 spiro atoms. The number of non-ortho nitro benzene ring substituents is 1. The lowest BCUT2D eigenvalue weighted by atomic mass is 10.0. The summed E-state index contributed by atoms with van der Waals surface area (Å²) in [6.45, 7) is 9.31. The number of rotatable bonds is 9. The Labute approximate surface area is 272 Å². The fourth-order valence-electron chi connectivity index (χ4n) is 4.79. The first-order valence-electron chi connectivity index (χ1n) is 13.3. The van der Waals surface area contributed by atoms with Crippen molar-refractivity contribution >= 4 is 60.9 Å². The van der Waals surface area contributed by atoms with Crippen molar-refractivity contribution in [2.75, 3.05) is 13.2 Å². The van der Waals surface area contributed by atoms with Crippen molar-refractivity contribution in [3.05, 3.63) is 122 Å². The van der Waals surface area contributed by atoms with E-state index in [-0.39, 0.29) is 29.2 Å². The summed E-state index contributed by atoms with van der Waals surface area (Å²) in [6.07, 6.45) is 3.38. The Hall–Kier alpha value is -4.07. The summed E-state index contributed by atoms with van der Waals surface area (Å²) >= 11 is 8.23. The maximum Gasteiger partial charge on any atom is 0.338 e. The number of furan rings is 1. The number of carbonyl (C=O) groups is 1. The molecule has 10 nitrogen and oxygen atoms in total. The number of halogens is 2. The van der Waals surface area contributed by atoms with Gasteiger partial charge in [0.25, 0.3) is 11.2 Å². The largest absolute Gasteiger partial charge is 0.487 e. The van der Waals surface area contributed by atoms with Crippen LogP contribution in [0.2, 0.25) is 0 Å². The number of hydrogen-bond acceptors (Lipinski definition) is 9. The Balaban J connectivity index is 1.66. The molecule has 1 aliphatic rings. The molecule has 4 aromatic rings. The third-order valence-electron chi connectivity index (χ3n) is 6.77. The summed E-state index contributed by atoms with van der Waals surface area (Å²) < 4.78 is 20.5. The number of nitro benzene ring substituents is 1. The lowest BCUT2D eigenvalue weighted by Crippen LogP contribution is -2.39. The Bertz CT molecular complexity index is 2020. The molecule has 5 rings (SSSR count). The van der Waals surface area contributed by atoms with Crippen molar-refractivity contribution in [3.63, 3.8) is 0 Å². The average Bonchev–Trinajstić information content (AvgIpc) is 3.57. The smallest absolute Gasteiger partial charge is 0.338 e. The molecule has 0 saturated heterocycles. The summed E-state index contributed by atoms with van der Waals surface area (Å²) in [5, 5.41) is 11.4. The number of fused-ring (bicyclic) bond motifs is 1. The second-order valence-electron chi connectivity index (χ2n) is 9.67. The number of thiazole rings is 1. The summed E-state index contributed by atoms with van der Waals surface area (Å²) in [5.74, 6) is 0.617. The minimum absolute atomic E-state index is 0.0851. The SMILES string of the molecule is C=CCOc1c(Br)cc(/C=c2\sc3n(c2=O)[C@@H](c2ccc(-c4cc([N+](=O)[O-])ccc4C)o2)C(C(=O)OCC)=C(C)N=3)cc1Br. The highest BCUT2D eigenvalue weighted by Gasteiger charge is 2.35. The monoisotopic (exact) mass is 741 g/mol. The molecule has 0 saturated carbocycles. The van der Waals surface area contributed by atoms with E-state index >= 15 is 0 Å². The van der Waals surface area contributed by atoms with Crippen molar-refractivity contribution in [2.45, 2.75) is 26.8 Å². The summed E-state index contributed by atoms with van der Waals surface area (Å²) in [4.78, 5) is 43.2. The first-order chi connectivity index (χ1) is 21.0. The molecule has 226 valence electrons. The predicted molar refractivity (Wildman–Crippen MR) is 173 cm³/mol. The second kappa shape index (κ2) is 12.9. The Kier molecular flexibility index (Phi) is 9.18. The molecule has 0 radical (unpaired) electrons. The van der Waals surface area contributed by atoms with Crippen molar-refractivity contribution in [1.29, 1.82) is 0 Å². The molecule has 0 aliphatic carbocycles. The maximum atomic E-state index is 14.0. The normalized spacial score (nSPS) is 14.7. The van der Waals surface area contributed by atoms with Gasteiger partial charge in [-0.1, -0.05) is 30.1 Å². The lowest BCUT2D eigenvalue weighted by molar-refractivity contribution is -0.384. The van der Waals surface area contributed by atoms with E-state index in [0.29, 0.717) is 47.7 Å². The molecule has 1 aliphatic heterocycles. The van der Waals surface area contributed by atoms with E-state index in [2.05, 4.69) is 43.4 Å². The number of carbonyl (C=O) groups excluding carboxylic acids is 1. The van der Waals surface area contributed by atoms with Crippen molar-refractivity contribution in [1.82, 2.24) is 4.57 Å². The molecular formula is C31H25Br2N3O7S. The van der Waals surface area contributed by atoms with Gasteiger partial charge in [0.15, 0.2) is 4.80 Å². The molecule has 2 aromatic carbocycles. The lowest BCUT2D eigenvalue weighted by Gasteiger charge is -2.22. The zero-order valence-electron chi connectivity index (χ0n) is 23.8. The number of hydrogen-bond donors (Lipinski definition) is 0. The number of benzene rings is 2. The van der Waals surface area contributed by atoms with Crippen LogP contribution in [0.1, 0.15) is 36.8 Å². The molecule has 0 amide bonds. The van der Waals surface area contributed by atoms with Gasteiger partial charge in [0, 0.05) is 17.7 Å². The maximum absolute atomic E-state index is 14.0. The van der Waals surface area contributed by atoms with Gasteiger partial charge >= 0.3 is 5.97 Å². The summed E-state index contributed by atoms with van der Waals surface area (Å²) in [6, 6.07) is 10.5. The van der Waals surface area contributed by atoms with Crippen LogP contribution in [-0.2, 0) is 9.53 Å². The van der Waals surface area contributed by atoms with Gasteiger partial charge in [-0.25, -0.2) is 9.79 Å². The number of ether oxygens (including phenoxy) is 2. The fourth-order valence-corrected chi connectivity index (χ4v) is 7.29. The molecule has 13 heteroatoms. The standard InChI is InChI=1S/C31H25Br2N3O7S/c1-5-11-42-28-21(32)12-18(13-22(28)33)14-25-29(37)35-27(26(30(38)41-6-2)17(4)34-31(35)44-25)24-10-9-23(43-24)20-15-19(36(39)40)8-7-16(20)3/h5,7-10,12-15,27H,1,6,11H2,2-4H3/b25-14-/t27-/m0/s1. The van der Waals surface area contributed by atoms with Gasteiger partial charge in [0.05, 0.1) is 36.3 Å². The van der Waals surface area contributed by atoms with E-state index in [9.17, 15) is 19.7 Å². The van der Waals surface area contributed by atoms with Crippen LogP contribution in [-0.4, -0.2) is 28.7 Å². The molecule has 44 heavy (non-hydrogen) atoms. The Morgan fingerprint density at radius 3 is 2.59 bits per heavy atom. The third kappa shape index (κ3) is 5.99. The average molecular weight is 743 g/mol. The van der Waals surface area contributed by atoms with Crippen molar-refractivity contribution < 1.29 is 23.6 Å². The molecule has 0 fully saturated rings. The van der Waals surface area contributed by atoms with Crippen LogP contribution in [0.15, 0.2) is 89.5 Å². The predicted octanol–water partition coefficient (Wildman–Crippen LogP) is 6.36. The minimum Gasteiger partial charge on any atom is -0.487 e. The van der Waals surface area contributed by atoms with Gasteiger partial charge in [-0.3, -0.25) is 19.5 Å². The Morgan fingerprint density at radius 2 is 1.93 bits per heavy atom. The fraction of sp³-hybridized carbons (Fsp3) is 0.194. The zero-order chi connectivity index (χ0) is 31.7. The number of aromatic nitrogens is 1. The number of allylic oxidation sites excluding steroid dienone is 1. The highest BCUT2D eigenvalue weighted by Crippen LogP contribution is 2.37. The van der Waals surface area contributed by atoms with E-state index in [1.165, 1.54) is 28.0 Å². The van der Waals surface area contributed by atoms with Crippen molar-refractivity contribution in [3.8, 4) is 17.1 Å². The molecule has 3 heterocycles. The Morgan fingerprint density at radius 1 is 1.20 bits per heavy atom. The highest BCUT2D eigenvalue weighted by molar-refractivity contribution is 9.11. The first kappa shape index (κ1) is 31.4. The number of esters is 1. The van der Waals surface area contributed by atoms with Gasteiger partial charge < -0.3 is 13.9 Å². The number of aryl methyl sites for hydroxylation is 1. The zero-order valence-corrected chi connectivity index (χ0v) is 27.7. The van der Waals surface area contributed by atoms with Crippen LogP contribution in [0.25, 0.3) is 17.4 Å². The van der Waals surface area contributed by atoms with Crippen LogP contribution < -0.4 is 19.6 Å². The van der Waals surface area contributed by atoms with Crippen LogP contribution in [0, 0.1) is 17.0 Å². The number of nitrogens with zero attached hydrogens (tertiary/aromatic N) is 3. The van der Waals surface area contributed by atoms with E-state index < -0.39 is 16.9 Å². The topological polar surface area (TPSA) is 126 Å². The van der Waals surface area contributed by atoms with E-state index in [0.717, 1.165) is 11.1 Å². The van der Waals surface area contributed by atoms with Gasteiger partial charge in [-0.15, -0.1) is 0 Å². The van der Waals surface area contributed by atoms with E-state index in [1.807, 2.05) is 19.1 Å². The van der Waals surface area contributed by atoms with Gasteiger partial charge in [-0.2, -0.15) is 0 Å². The minimum atomic E-state index is -0.978. The van der Waals surface area contributed by atoms with Gasteiger partial charge in [0.2, 0.25) is 0 Å². The van der Waals surface area contributed by atoms with Crippen LogP contribution in [0.4, 0.5) is 5.69 Å². The third-order valence-corrected chi connectivity index (χ3v) is 8.94. The highest BCUT2D eigenvalue weighted by atomic mass is 79.9. The van der Waals surface area contributed by atoms with Crippen LogP contribution in [0.5, 0.6) is 5.75 Å². The quantitative estimate of drug-likeness (QED) is 0.0845. The summed E-state index contributed by atoms with van der Waals surface area (Å²) in [7, 11) is 0. The van der Waals surface area contributed by atoms with Gasteiger partial charge in [0.1, 0.15) is 29.9 Å². The molecule has 0 unspecified atom stereocenters. The molecule has 1 atom stereocenters. The second-order valence-corrected chi connectivity index (χ2v) is 12.4. The van der Waals surface area contributed by atoms with E-state index in [4.69, 9.17) is 13.9 Å². The first-order valence-corrected chi connectivity index (χ1v) is 15.7. The van der Waals surface area contributed by atoms with Crippen LogP contribution >= 0.6 is 43.2 Å². The van der Waals surface area contributed by atoms with Crippen LogP contribution in [0.3, 0.4) is 0 Å². The molecular weight excluding hydrogens is 718 g/mol. The molecule has 0 N–H and O–H groups in total. The van der Waals surface area contributed by atoms with Crippen molar-refractivity contribution in [2.24, 2.45) is 4.99 Å². The molecule has 2 aromatic heterocycles. The van der Waals surface area contributed by atoms with E-state index in [1.54, 1.807) is 44.2 Å². The summed E-state index contributed by atoms with van der Waals surface area (Å²) in [5.41, 5.74) is 2.09. The number of nitro groups is 1. The molecule has 0 bridgehead atoms.